The molecule has 0 spiro atoms. The Balaban J connectivity index is 1.63. The fourth-order valence-corrected chi connectivity index (χ4v) is 9.50. The topological polar surface area (TPSA) is 30.8 Å². The molecular formula is C25H41NO2Si. The summed E-state index contributed by atoms with van der Waals surface area (Å²) in [6.07, 6.45) is 15.9. The second kappa shape index (κ2) is 7.67. The number of allylic oxidation sites excluding steroid dienone is 2. The van der Waals surface area contributed by atoms with Gasteiger partial charge in [-0.2, -0.15) is 0 Å². The monoisotopic (exact) mass is 415 g/mol. The minimum atomic E-state index is -1.65. The number of fused-ring (bicyclic) bond motifs is 5. The SMILES string of the molecule is C=C[C@]1(O[Si](C)(C)C)CC[C@H]2[C@@H]3CCC4=C/C(=N\OC)CC[C@@H]4[C@H]3CC[C@@]21CC. The van der Waals surface area contributed by atoms with Crippen LogP contribution in [0.25, 0.3) is 0 Å². The Hall–Kier alpha value is -0.873. The van der Waals surface area contributed by atoms with Gasteiger partial charge < -0.3 is 9.26 Å². The van der Waals surface area contributed by atoms with Crippen LogP contribution < -0.4 is 0 Å². The maximum Gasteiger partial charge on any atom is 0.184 e. The summed E-state index contributed by atoms with van der Waals surface area (Å²) < 4.78 is 7.01. The highest BCUT2D eigenvalue weighted by atomic mass is 28.4. The smallest absolute Gasteiger partial charge is 0.184 e. The molecule has 6 atom stereocenters. The molecule has 29 heavy (non-hydrogen) atoms. The largest absolute Gasteiger partial charge is 0.408 e. The van der Waals surface area contributed by atoms with Crippen molar-refractivity contribution in [3.63, 3.8) is 0 Å². The summed E-state index contributed by atoms with van der Waals surface area (Å²) in [5, 5.41) is 4.24. The molecule has 0 N–H and O–H groups in total. The number of hydrogen-bond donors (Lipinski definition) is 0. The third-order valence-corrected chi connectivity index (χ3v) is 9.83. The van der Waals surface area contributed by atoms with Crippen molar-refractivity contribution >= 4 is 14.0 Å². The van der Waals surface area contributed by atoms with Gasteiger partial charge in [0.1, 0.15) is 7.11 Å². The van der Waals surface area contributed by atoms with Gasteiger partial charge in [-0.3, -0.25) is 0 Å². The Morgan fingerprint density at radius 1 is 1.14 bits per heavy atom. The third kappa shape index (κ3) is 3.39. The summed E-state index contributed by atoms with van der Waals surface area (Å²) in [6.45, 7) is 13.8. The van der Waals surface area contributed by atoms with E-state index >= 15 is 0 Å². The molecule has 3 nitrogen and oxygen atoms in total. The van der Waals surface area contributed by atoms with Gasteiger partial charge in [-0.1, -0.05) is 23.7 Å². The second-order valence-electron chi connectivity index (χ2n) is 11.0. The Labute approximate surface area is 179 Å². The lowest BCUT2D eigenvalue weighted by molar-refractivity contribution is -0.0950. The van der Waals surface area contributed by atoms with Crippen molar-refractivity contribution in [2.45, 2.75) is 90.0 Å². The Morgan fingerprint density at radius 3 is 2.59 bits per heavy atom. The van der Waals surface area contributed by atoms with Crippen LogP contribution in [0.1, 0.15) is 64.7 Å². The number of oxime groups is 1. The van der Waals surface area contributed by atoms with Crippen LogP contribution in [0, 0.1) is 29.1 Å². The predicted molar refractivity (Wildman–Crippen MR) is 124 cm³/mol. The van der Waals surface area contributed by atoms with E-state index in [9.17, 15) is 0 Å². The standard InChI is InChI=1S/C25H41NO2Si/c1-7-24-15-13-21-20-12-10-19(26-27-3)17-18(20)9-11-22(21)23(24)14-16-25(24,8-2)28-29(4,5)6/h8,17,20-23H,2,7,9-16H2,1,3-6H3/b26-19-/t20-,21+,22+,23-,24-,25-/m0/s1. The summed E-state index contributed by atoms with van der Waals surface area (Å²) in [4.78, 5) is 5.05. The number of hydrogen-bond acceptors (Lipinski definition) is 3. The lowest BCUT2D eigenvalue weighted by Gasteiger charge is -2.58. The molecule has 162 valence electrons. The molecule has 3 saturated carbocycles. The highest BCUT2D eigenvalue weighted by molar-refractivity contribution is 6.69. The third-order valence-electron chi connectivity index (χ3n) is 8.85. The van der Waals surface area contributed by atoms with Crippen molar-refractivity contribution in [1.29, 1.82) is 0 Å². The maximum atomic E-state index is 7.01. The summed E-state index contributed by atoms with van der Waals surface area (Å²) >= 11 is 0. The van der Waals surface area contributed by atoms with Crippen molar-refractivity contribution in [2.75, 3.05) is 7.11 Å². The first kappa shape index (κ1) is 21.4. The van der Waals surface area contributed by atoms with Crippen molar-refractivity contribution in [1.82, 2.24) is 0 Å². The quantitative estimate of drug-likeness (QED) is 0.283. The van der Waals surface area contributed by atoms with E-state index in [1.807, 2.05) is 0 Å². The highest BCUT2D eigenvalue weighted by Crippen LogP contribution is 2.67. The molecule has 0 heterocycles. The Kier molecular flexibility index (Phi) is 5.65. The van der Waals surface area contributed by atoms with Gasteiger partial charge in [0.2, 0.25) is 0 Å². The maximum absolute atomic E-state index is 7.01. The van der Waals surface area contributed by atoms with E-state index in [2.05, 4.69) is 50.5 Å². The van der Waals surface area contributed by atoms with Gasteiger partial charge in [0.05, 0.1) is 11.3 Å². The first-order valence-electron chi connectivity index (χ1n) is 11.9. The van der Waals surface area contributed by atoms with Crippen LogP contribution in [0.2, 0.25) is 19.6 Å². The van der Waals surface area contributed by atoms with Crippen LogP contribution >= 0.6 is 0 Å². The highest BCUT2D eigenvalue weighted by Gasteiger charge is 2.64. The fraction of sp³-hybridized carbons (Fsp3) is 0.800. The average Bonchev–Trinajstić information content (AvgIpc) is 3.01. The zero-order valence-electron chi connectivity index (χ0n) is 19.3. The predicted octanol–water partition coefficient (Wildman–Crippen LogP) is 6.73. The van der Waals surface area contributed by atoms with E-state index in [1.54, 1.807) is 12.7 Å². The first-order chi connectivity index (χ1) is 13.8. The summed E-state index contributed by atoms with van der Waals surface area (Å²) in [5.74, 6) is 3.29. The van der Waals surface area contributed by atoms with E-state index in [1.165, 1.54) is 51.4 Å². The fourth-order valence-electron chi connectivity index (χ4n) is 8.02. The molecular weight excluding hydrogens is 374 g/mol. The first-order valence-corrected chi connectivity index (χ1v) is 15.3. The number of rotatable bonds is 5. The van der Waals surface area contributed by atoms with Crippen molar-refractivity contribution in [2.24, 2.45) is 34.2 Å². The molecule has 0 aliphatic heterocycles. The van der Waals surface area contributed by atoms with Crippen LogP contribution in [0.3, 0.4) is 0 Å². The van der Waals surface area contributed by atoms with Gasteiger partial charge in [-0.25, -0.2) is 0 Å². The van der Waals surface area contributed by atoms with Crippen LogP contribution in [0.5, 0.6) is 0 Å². The zero-order chi connectivity index (χ0) is 20.9. The van der Waals surface area contributed by atoms with Crippen LogP contribution in [0.15, 0.2) is 29.5 Å². The molecule has 4 aliphatic carbocycles. The van der Waals surface area contributed by atoms with Crippen LogP contribution in [-0.4, -0.2) is 26.7 Å². The number of nitrogens with zero attached hydrogens (tertiary/aromatic N) is 1. The van der Waals surface area contributed by atoms with Gasteiger partial charge >= 0.3 is 0 Å². The minimum absolute atomic E-state index is 0.0944. The van der Waals surface area contributed by atoms with E-state index in [0.29, 0.717) is 5.41 Å². The normalized spacial score (nSPS) is 43.2. The lowest BCUT2D eigenvalue weighted by Crippen LogP contribution is -2.56. The van der Waals surface area contributed by atoms with Gasteiger partial charge in [-0.15, -0.1) is 6.58 Å². The molecule has 3 fully saturated rings. The molecule has 4 aliphatic rings. The van der Waals surface area contributed by atoms with Crippen molar-refractivity contribution in [3.8, 4) is 0 Å². The molecule has 4 heteroatoms. The van der Waals surface area contributed by atoms with Crippen molar-refractivity contribution < 1.29 is 9.26 Å². The molecule has 0 bridgehead atoms. The van der Waals surface area contributed by atoms with Gasteiger partial charge in [-0.05, 0) is 107 Å². The van der Waals surface area contributed by atoms with E-state index in [0.717, 1.165) is 35.8 Å². The van der Waals surface area contributed by atoms with Gasteiger partial charge in [0.15, 0.2) is 8.32 Å². The molecule has 0 amide bonds. The van der Waals surface area contributed by atoms with Gasteiger partial charge in [0, 0.05) is 5.41 Å². The molecule has 0 aromatic rings. The van der Waals surface area contributed by atoms with E-state index < -0.39 is 8.32 Å². The second-order valence-corrected chi connectivity index (χ2v) is 15.4. The average molecular weight is 416 g/mol. The van der Waals surface area contributed by atoms with E-state index in [4.69, 9.17) is 9.26 Å². The lowest BCUT2D eigenvalue weighted by atomic mass is 9.49. The Morgan fingerprint density at radius 2 is 1.93 bits per heavy atom. The molecule has 0 saturated heterocycles. The zero-order valence-corrected chi connectivity index (χ0v) is 20.3. The van der Waals surface area contributed by atoms with Crippen molar-refractivity contribution in [3.05, 3.63) is 24.3 Å². The molecule has 0 aromatic carbocycles. The molecule has 0 unspecified atom stereocenters. The summed E-state index contributed by atoms with van der Waals surface area (Å²) in [6, 6.07) is 0. The van der Waals surface area contributed by atoms with Crippen LogP contribution in [0.4, 0.5) is 0 Å². The summed E-state index contributed by atoms with van der Waals surface area (Å²) in [7, 11) is 0.0134. The Bertz CT molecular complexity index is 708. The van der Waals surface area contributed by atoms with E-state index in [-0.39, 0.29) is 5.60 Å². The minimum Gasteiger partial charge on any atom is -0.408 e. The molecule has 4 rings (SSSR count). The molecule has 0 aromatic heterocycles. The van der Waals surface area contributed by atoms with Gasteiger partial charge in [0.25, 0.3) is 0 Å². The molecule has 0 radical (unpaired) electrons. The van der Waals surface area contributed by atoms with Crippen LogP contribution in [-0.2, 0) is 9.26 Å². The summed E-state index contributed by atoms with van der Waals surface area (Å²) in [5.41, 5.74) is 3.01.